The predicted molar refractivity (Wildman–Crippen MR) is 66.2 cm³/mol. The van der Waals surface area contributed by atoms with Gasteiger partial charge < -0.3 is 5.11 Å². The van der Waals surface area contributed by atoms with Gasteiger partial charge in [-0.3, -0.25) is 4.79 Å². The highest BCUT2D eigenvalue weighted by molar-refractivity contribution is 5.90. The van der Waals surface area contributed by atoms with Crippen molar-refractivity contribution in [1.29, 1.82) is 0 Å². The average molecular weight is 222 g/mol. The molecule has 1 unspecified atom stereocenters. The Labute approximate surface area is 98.1 Å². The third-order valence-corrected chi connectivity index (χ3v) is 3.12. The lowest BCUT2D eigenvalue weighted by Crippen LogP contribution is -2.03. The number of unbranched alkanes of at least 4 members (excludes halogenated alkanes) is 2. The van der Waals surface area contributed by atoms with E-state index in [1.54, 1.807) is 12.2 Å². The van der Waals surface area contributed by atoms with E-state index in [1.165, 1.54) is 5.57 Å². The van der Waals surface area contributed by atoms with Crippen LogP contribution in [0.3, 0.4) is 0 Å². The number of hydrogen-bond acceptors (Lipinski definition) is 2. The van der Waals surface area contributed by atoms with Crippen molar-refractivity contribution in [3.05, 3.63) is 23.3 Å². The van der Waals surface area contributed by atoms with Crippen LogP contribution in [0.25, 0.3) is 0 Å². The molecule has 1 aliphatic rings. The predicted octanol–water partition coefficient (Wildman–Crippen LogP) is 3.16. The van der Waals surface area contributed by atoms with E-state index in [-0.39, 0.29) is 11.9 Å². The van der Waals surface area contributed by atoms with E-state index in [0.717, 1.165) is 37.7 Å². The number of aliphatic hydroxyl groups is 1. The molecule has 1 aliphatic carbocycles. The Hall–Kier alpha value is -0.890. The van der Waals surface area contributed by atoms with Gasteiger partial charge in [0.25, 0.3) is 0 Å². The lowest BCUT2D eigenvalue weighted by molar-refractivity contribution is -0.114. The summed E-state index contributed by atoms with van der Waals surface area (Å²) in [5.41, 5.74) is 2.16. The minimum atomic E-state index is -0.361. The van der Waals surface area contributed by atoms with Gasteiger partial charge in [0.15, 0.2) is 5.78 Å². The summed E-state index contributed by atoms with van der Waals surface area (Å²) in [7, 11) is 0. The van der Waals surface area contributed by atoms with Crippen molar-refractivity contribution >= 4 is 5.78 Å². The summed E-state index contributed by atoms with van der Waals surface area (Å²) in [6.07, 6.45) is 8.68. The van der Waals surface area contributed by atoms with Crippen LogP contribution >= 0.6 is 0 Å². The van der Waals surface area contributed by atoms with Gasteiger partial charge in [-0.1, -0.05) is 31.4 Å². The fourth-order valence-corrected chi connectivity index (χ4v) is 2.01. The van der Waals surface area contributed by atoms with Crippen molar-refractivity contribution in [2.75, 3.05) is 0 Å². The molecule has 2 heteroatoms. The minimum absolute atomic E-state index is 0.174. The number of carbonyl (C=O) groups excluding carboxylic acids is 1. The lowest BCUT2D eigenvalue weighted by atomic mass is 10.1. The van der Waals surface area contributed by atoms with Crippen molar-refractivity contribution in [2.45, 2.75) is 58.5 Å². The molecule has 1 N–H and O–H groups in total. The van der Waals surface area contributed by atoms with Crippen molar-refractivity contribution in [1.82, 2.24) is 0 Å². The van der Waals surface area contributed by atoms with E-state index < -0.39 is 0 Å². The fraction of sp³-hybridized carbons (Fsp3) is 0.643. The molecule has 0 aromatic heterocycles. The summed E-state index contributed by atoms with van der Waals surface area (Å²) >= 11 is 0. The van der Waals surface area contributed by atoms with Crippen LogP contribution in [0, 0.1) is 0 Å². The average Bonchev–Trinajstić information content (AvgIpc) is 2.57. The second-order valence-corrected chi connectivity index (χ2v) is 4.55. The molecule has 0 saturated heterocycles. The highest BCUT2D eigenvalue weighted by Crippen LogP contribution is 2.26. The van der Waals surface area contributed by atoms with Gasteiger partial charge >= 0.3 is 0 Å². The van der Waals surface area contributed by atoms with E-state index in [4.69, 9.17) is 0 Å². The van der Waals surface area contributed by atoms with Gasteiger partial charge in [0.1, 0.15) is 0 Å². The highest BCUT2D eigenvalue weighted by Gasteiger charge is 2.18. The third-order valence-electron chi connectivity index (χ3n) is 3.12. The Morgan fingerprint density at radius 2 is 2.25 bits per heavy atom. The molecule has 0 heterocycles. The van der Waals surface area contributed by atoms with E-state index in [1.807, 2.05) is 6.92 Å². The molecular formula is C14H22O2. The first-order valence-corrected chi connectivity index (χ1v) is 6.23. The Bertz CT molecular complexity index is 300. The van der Waals surface area contributed by atoms with Crippen LogP contribution < -0.4 is 0 Å². The second kappa shape index (κ2) is 6.64. The van der Waals surface area contributed by atoms with Crippen LogP contribution in [0.2, 0.25) is 0 Å². The van der Waals surface area contributed by atoms with Crippen LogP contribution in [-0.4, -0.2) is 17.0 Å². The molecule has 0 bridgehead atoms. The largest absolute Gasteiger partial charge is 0.388 e. The van der Waals surface area contributed by atoms with Gasteiger partial charge in [-0.15, -0.1) is 0 Å². The third kappa shape index (κ3) is 3.93. The van der Waals surface area contributed by atoms with Crippen molar-refractivity contribution < 1.29 is 9.90 Å². The van der Waals surface area contributed by atoms with Gasteiger partial charge in [-0.25, -0.2) is 0 Å². The van der Waals surface area contributed by atoms with Crippen LogP contribution in [0.15, 0.2) is 23.3 Å². The lowest BCUT2D eigenvalue weighted by Gasteiger charge is -2.03. The summed E-state index contributed by atoms with van der Waals surface area (Å²) in [5, 5.41) is 9.67. The van der Waals surface area contributed by atoms with Crippen LogP contribution in [0.1, 0.15) is 52.4 Å². The molecule has 1 rings (SSSR count). The van der Waals surface area contributed by atoms with Crippen molar-refractivity contribution in [3.8, 4) is 0 Å². The Kier molecular flexibility index (Phi) is 5.47. The molecule has 2 nitrogen and oxygen atoms in total. The topological polar surface area (TPSA) is 37.3 Å². The van der Waals surface area contributed by atoms with E-state index in [0.29, 0.717) is 6.42 Å². The second-order valence-electron chi connectivity index (χ2n) is 4.55. The van der Waals surface area contributed by atoms with Crippen LogP contribution in [0.4, 0.5) is 0 Å². The highest BCUT2D eigenvalue weighted by atomic mass is 16.3. The molecule has 0 aromatic carbocycles. The quantitative estimate of drug-likeness (QED) is 0.553. The maximum atomic E-state index is 11.5. The number of carbonyl (C=O) groups is 1. The first-order chi connectivity index (χ1) is 7.65. The zero-order valence-corrected chi connectivity index (χ0v) is 10.3. The van der Waals surface area contributed by atoms with E-state index in [9.17, 15) is 9.90 Å². The standard InChI is InChI=1S/C14H22O2/c1-3-4-5-6-12(15)8-9-13-11(2)7-10-14(13)16/h8-9,14,16H,3-7,10H2,1-2H3/b9-8+. The van der Waals surface area contributed by atoms with E-state index >= 15 is 0 Å². The number of allylic oxidation sites excluding steroid dienone is 2. The molecule has 16 heavy (non-hydrogen) atoms. The normalized spacial score (nSPS) is 21.1. The summed E-state index contributed by atoms with van der Waals surface area (Å²) < 4.78 is 0. The number of ketones is 1. The number of rotatable bonds is 6. The van der Waals surface area contributed by atoms with Gasteiger partial charge in [0.05, 0.1) is 6.10 Å². The Morgan fingerprint density at radius 3 is 2.81 bits per heavy atom. The molecule has 0 spiro atoms. The molecule has 0 fully saturated rings. The molecule has 0 aromatic rings. The maximum absolute atomic E-state index is 11.5. The summed E-state index contributed by atoms with van der Waals surface area (Å²) in [6.45, 7) is 4.15. The SMILES string of the molecule is CCCCCC(=O)/C=C/C1=C(C)CCC1O. The van der Waals surface area contributed by atoms with Crippen molar-refractivity contribution in [3.63, 3.8) is 0 Å². The number of aliphatic hydroxyl groups excluding tert-OH is 1. The molecule has 0 saturated carbocycles. The Balaban J connectivity index is 2.41. The monoisotopic (exact) mass is 222 g/mol. The number of hydrogen-bond donors (Lipinski definition) is 1. The van der Waals surface area contributed by atoms with Gasteiger partial charge in [0, 0.05) is 6.42 Å². The molecule has 0 amide bonds. The zero-order chi connectivity index (χ0) is 12.0. The molecular weight excluding hydrogens is 200 g/mol. The van der Waals surface area contributed by atoms with E-state index in [2.05, 4.69) is 6.92 Å². The van der Waals surface area contributed by atoms with Crippen LogP contribution in [0.5, 0.6) is 0 Å². The molecule has 90 valence electrons. The van der Waals surface area contributed by atoms with Crippen molar-refractivity contribution in [2.24, 2.45) is 0 Å². The zero-order valence-electron chi connectivity index (χ0n) is 10.3. The minimum Gasteiger partial charge on any atom is -0.388 e. The first-order valence-electron chi connectivity index (χ1n) is 6.23. The summed E-state index contributed by atoms with van der Waals surface area (Å²) in [5.74, 6) is 0.174. The maximum Gasteiger partial charge on any atom is 0.155 e. The van der Waals surface area contributed by atoms with Gasteiger partial charge in [0.2, 0.25) is 0 Å². The molecule has 1 atom stereocenters. The summed E-state index contributed by atoms with van der Waals surface area (Å²) in [6, 6.07) is 0. The van der Waals surface area contributed by atoms with Gasteiger partial charge in [-0.05, 0) is 37.8 Å². The molecule has 0 aliphatic heterocycles. The van der Waals surface area contributed by atoms with Gasteiger partial charge in [-0.2, -0.15) is 0 Å². The Morgan fingerprint density at radius 1 is 1.50 bits per heavy atom. The fourth-order valence-electron chi connectivity index (χ4n) is 2.01. The smallest absolute Gasteiger partial charge is 0.155 e. The van der Waals surface area contributed by atoms with Crippen LogP contribution in [-0.2, 0) is 4.79 Å². The summed E-state index contributed by atoms with van der Waals surface area (Å²) in [4.78, 5) is 11.5. The molecule has 0 radical (unpaired) electrons. The first kappa shape index (κ1) is 13.2.